The summed E-state index contributed by atoms with van der Waals surface area (Å²) >= 11 is 0. The van der Waals surface area contributed by atoms with Gasteiger partial charge < -0.3 is 20.4 Å². The quantitative estimate of drug-likeness (QED) is 0.805. The number of carbonyl (C=O) groups excluding carboxylic acids is 1. The SMILES string of the molecule is CCn1c(C(C)NC(=O)C2(CN)CCOCC2)nc2ccccc21.Cl.Cl. The summed E-state index contributed by atoms with van der Waals surface area (Å²) in [4.78, 5) is 17.6. The number of fused-ring (bicyclic) bond motifs is 1. The van der Waals surface area contributed by atoms with Gasteiger partial charge in [-0.05, 0) is 38.8 Å². The molecule has 8 heteroatoms. The Labute approximate surface area is 166 Å². The molecule has 1 atom stereocenters. The summed E-state index contributed by atoms with van der Waals surface area (Å²) in [5.41, 5.74) is 7.46. The molecule has 0 aliphatic carbocycles. The first-order valence-corrected chi connectivity index (χ1v) is 8.65. The fraction of sp³-hybridized carbons (Fsp3) is 0.556. The lowest BCUT2D eigenvalue weighted by atomic mass is 9.79. The molecule has 1 aromatic carbocycles. The van der Waals surface area contributed by atoms with E-state index in [4.69, 9.17) is 15.5 Å². The lowest BCUT2D eigenvalue weighted by Gasteiger charge is -2.35. The van der Waals surface area contributed by atoms with Crippen LogP contribution in [0.2, 0.25) is 0 Å². The molecule has 0 saturated carbocycles. The molecule has 3 N–H and O–H groups in total. The van der Waals surface area contributed by atoms with Gasteiger partial charge in [-0.1, -0.05) is 12.1 Å². The van der Waals surface area contributed by atoms with E-state index in [0.717, 1.165) is 23.4 Å². The maximum Gasteiger partial charge on any atom is 0.228 e. The summed E-state index contributed by atoms with van der Waals surface area (Å²) in [7, 11) is 0. The van der Waals surface area contributed by atoms with E-state index < -0.39 is 5.41 Å². The largest absolute Gasteiger partial charge is 0.381 e. The van der Waals surface area contributed by atoms with Crippen LogP contribution in [0.5, 0.6) is 0 Å². The molecular weight excluding hydrogens is 375 g/mol. The molecule has 26 heavy (non-hydrogen) atoms. The van der Waals surface area contributed by atoms with Crippen LogP contribution in [0, 0.1) is 5.41 Å². The Balaban J connectivity index is 0.00000169. The van der Waals surface area contributed by atoms with Gasteiger partial charge in [0.1, 0.15) is 5.82 Å². The first kappa shape index (κ1) is 22.7. The van der Waals surface area contributed by atoms with Crippen molar-refractivity contribution in [1.82, 2.24) is 14.9 Å². The fourth-order valence-electron chi connectivity index (χ4n) is 3.46. The second kappa shape index (κ2) is 9.55. The first-order chi connectivity index (χ1) is 11.6. The highest BCUT2D eigenvalue weighted by Gasteiger charge is 2.39. The molecule has 0 spiro atoms. The van der Waals surface area contributed by atoms with Gasteiger partial charge in [-0.3, -0.25) is 4.79 Å². The molecule has 2 heterocycles. The smallest absolute Gasteiger partial charge is 0.228 e. The summed E-state index contributed by atoms with van der Waals surface area (Å²) in [6.45, 7) is 6.41. The van der Waals surface area contributed by atoms with Crippen molar-refractivity contribution < 1.29 is 9.53 Å². The standard InChI is InChI=1S/C18H26N4O2.2ClH/c1-3-22-15-7-5-4-6-14(15)21-16(22)13(2)20-17(23)18(12-19)8-10-24-11-9-18;;/h4-7,13H,3,8-12,19H2,1-2H3,(H,20,23);2*1H. The second-order valence-electron chi connectivity index (χ2n) is 6.49. The molecule has 0 radical (unpaired) electrons. The minimum absolute atomic E-state index is 0. The zero-order valence-corrected chi connectivity index (χ0v) is 16.9. The molecule has 1 unspecified atom stereocenters. The third-order valence-corrected chi connectivity index (χ3v) is 5.06. The highest BCUT2D eigenvalue weighted by atomic mass is 35.5. The molecule has 3 rings (SSSR count). The lowest BCUT2D eigenvalue weighted by Crippen LogP contribution is -2.49. The molecule has 1 aromatic heterocycles. The van der Waals surface area contributed by atoms with Crippen LogP contribution in [0.1, 0.15) is 38.6 Å². The minimum Gasteiger partial charge on any atom is -0.381 e. The zero-order chi connectivity index (χ0) is 17.2. The number of nitrogens with zero attached hydrogens (tertiary/aromatic N) is 2. The molecule has 2 aromatic rings. The molecule has 1 aliphatic rings. The molecule has 6 nitrogen and oxygen atoms in total. The van der Waals surface area contributed by atoms with Gasteiger partial charge in [0, 0.05) is 26.3 Å². The number of carbonyl (C=O) groups is 1. The number of amides is 1. The van der Waals surface area contributed by atoms with E-state index in [1.54, 1.807) is 0 Å². The van der Waals surface area contributed by atoms with Crippen LogP contribution in [-0.2, 0) is 16.1 Å². The van der Waals surface area contributed by atoms with E-state index in [-0.39, 0.29) is 36.8 Å². The Morgan fingerprint density at radius 1 is 1.35 bits per heavy atom. The van der Waals surface area contributed by atoms with Crippen molar-refractivity contribution in [1.29, 1.82) is 0 Å². The Hall–Kier alpha value is -1.34. The van der Waals surface area contributed by atoms with Crippen LogP contribution < -0.4 is 11.1 Å². The number of para-hydroxylation sites is 2. The van der Waals surface area contributed by atoms with E-state index >= 15 is 0 Å². The highest BCUT2D eigenvalue weighted by Crippen LogP contribution is 2.31. The van der Waals surface area contributed by atoms with Crippen LogP contribution in [0.4, 0.5) is 0 Å². The summed E-state index contributed by atoms with van der Waals surface area (Å²) < 4.78 is 7.54. The minimum atomic E-state index is -0.518. The normalized spacial score (nSPS) is 17.0. The number of rotatable bonds is 5. The van der Waals surface area contributed by atoms with Crippen molar-refractivity contribution in [3.05, 3.63) is 30.1 Å². The number of nitrogens with one attached hydrogen (secondary N) is 1. The number of ether oxygens (including phenoxy) is 1. The van der Waals surface area contributed by atoms with Gasteiger partial charge in [0.05, 0.1) is 22.5 Å². The predicted molar refractivity (Wildman–Crippen MR) is 108 cm³/mol. The van der Waals surface area contributed by atoms with Crippen LogP contribution >= 0.6 is 24.8 Å². The zero-order valence-electron chi connectivity index (χ0n) is 15.2. The molecular formula is C18H28Cl2N4O2. The Bertz CT molecular complexity index is 729. The number of hydrogen-bond acceptors (Lipinski definition) is 4. The summed E-state index contributed by atoms with van der Waals surface area (Å²) in [5.74, 6) is 0.891. The van der Waals surface area contributed by atoms with Gasteiger partial charge in [-0.2, -0.15) is 0 Å². The summed E-state index contributed by atoms with van der Waals surface area (Å²) in [5, 5.41) is 3.14. The average Bonchev–Trinajstić information content (AvgIpc) is 3.01. The van der Waals surface area contributed by atoms with Crippen LogP contribution in [-0.4, -0.2) is 35.2 Å². The lowest BCUT2D eigenvalue weighted by molar-refractivity contribution is -0.136. The summed E-state index contributed by atoms with van der Waals surface area (Å²) in [6.07, 6.45) is 1.35. The Morgan fingerprint density at radius 3 is 2.62 bits per heavy atom. The maximum absolute atomic E-state index is 12.9. The van der Waals surface area contributed by atoms with E-state index in [9.17, 15) is 4.79 Å². The third-order valence-electron chi connectivity index (χ3n) is 5.06. The summed E-state index contributed by atoms with van der Waals surface area (Å²) in [6, 6.07) is 7.88. The van der Waals surface area contributed by atoms with E-state index in [1.165, 1.54) is 0 Å². The Morgan fingerprint density at radius 2 is 2.00 bits per heavy atom. The fourth-order valence-corrected chi connectivity index (χ4v) is 3.46. The van der Waals surface area contributed by atoms with Gasteiger partial charge in [-0.15, -0.1) is 24.8 Å². The second-order valence-corrected chi connectivity index (χ2v) is 6.49. The van der Waals surface area contributed by atoms with Crippen molar-refractivity contribution >= 4 is 41.8 Å². The Kier molecular flexibility index (Phi) is 8.34. The van der Waals surface area contributed by atoms with Crippen molar-refractivity contribution in [3.63, 3.8) is 0 Å². The number of hydrogen-bond donors (Lipinski definition) is 2. The van der Waals surface area contributed by atoms with Crippen LogP contribution in [0.15, 0.2) is 24.3 Å². The third kappa shape index (κ3) is 4.14. The molecule has 146 valence electrons. The van der Waals surface area contributed by atoms with Gasteiger partial charge >= 0.3 is 0 Å². The van der Waals surface area contributed by atoms with Crippen LogP contribution in [0.25, 0.3) is 11.0 Å². The van der Waals surface area contributed by atoms with Crippen LogP contribution in [0.3, 0.4) is 0 Å². The maximum atomic E-state index is 12.9. The average molecular weight is 403 g/mol. The van der Waals surface area contributed by atoms with Gasteiger partial charge in [0.2, 0.25) is 5.91 Å². The van der Waals surface area contributed by atoms with Crippen molar-refractivity contribution in [2.45, 2.75) is 39.3 Å². The molecule has 1 aliphatic heterocycles. The number of aryl methyl sites for hydroxylation is 1. The highest BCUT2D eigenvalue weighted by molar-refractivity contribution is 5.85. The first-order valence-electron chi connectivity index (χ1n) is 8.65. The number of halogens is 2. The molecule has 1 saturated heterocycles. The van der Waals surface area contributed by atoms with E-state index in [0.29, 0.717) is 32.6 Å². The number of aromatic nitrogens is 2. The van der Waals surface area contributed by atoms with Crippen molar-refractivity contribution in [2.75, 3.05) is 19.8 Å². The van der Waals surface area contributed by atoms with E-state index in [1.807, 2.05) is 25.1 Å². The molecule has 1 fully saturated rings. The van der Waals surface area contributed by atoms with E-state index in [2.05, 4.69) is 22.9 Å². The number of imidazole rings is 1. The van der Waals surface area contributed by atoms with Gasteiger partial charge in [0.25, 0.3) is 0 Å². The number of benzene rings is 1. The predicted octanol–water partition coefficient (Wildman–Crippen LogP) is 2.83. The monoisotopic (exact) mass is 402 g/mol. The van der Waals surface area contributed by atoms with Crippen molar-refractivity contribution in [3.8, 4) is 0 Å². The number of nitrogens with two attached hydrogens (primary N) is 1. The topological polar surface area (TPSA) is 82.2 Å². The van der Waals surface area contributed by atoms with Crippen molar-refractivity contribution in [2.24, 2.45) is 11.1 Å². The molecule has 1 amide bonds. The van der Waals surface area contributed by atoms with Gasteiger partial charge in [-0.25, -0.2) is 4.98 Å². The van der Waals surface area contributed by atoms with Gasteiger partial charge in [0.15, 0.2) is 0 Å². The molecule has 0 bridgehead atoms.